The summed E-state index contributed by atoms with van der Waals surface area (Å²) in [6, 6.07) is 5.71. The summed E-state index contributed by atoms with van der Waals surface area (Å²) in [4.78, 5) is 22.0. The molecule has 2 N–H and O–H groups in total. The van der Waals surface area contributed by atoms with Crippen LogP contribution in [0.4, 0.5) is 5.69 Å². The molecule has 1 aromatic carbocycles. The topological polar surface area (TPSA) is 93.5 Å². The lowest BCUT2D eigenvalue weighted by molar-refractivity contribution is -0.385. The van der Waals surface area contributed by atoms with Crippen molar-refractivity contribution < 1.29 is 14.5 Å². The molecule has 19 heavy (non-hydrogen) atoms. The summed E-state index contributed by atoms with van der Waals surface area (Å²) in [7, 11) is 0. The number of benzene rings is 1. The molecule has 0 spiro atoms. The fourth-order valence-corrected chi connectivity index (χ4v) is 1.36. The number of carbonyl (C=O) groups is 1. The summed E-state index contributed by atoms with van der Waals surface area (Å²) in [6.45, 7) is 3.97. The molecular formula is C12H15N3O4. The third-order valence-electron chi connectivity index (χ3n) is 2.21. The van der Waals surface area contributed by atoms with Crippen LogP contribution in [0.1, 0.15) is 24.2 Å². The van der Waals surface area contributed by atoms with Crippen molar-refractivity contribution in [3.05, 3.63) is 51.9 Å². The number of nitrogens with one attached hydrogen (secondary N) is 2. The molecule has 0 unspecified atom stereocenters. The number of nitro groups is 1. The maximum atomic E-state index is 11.8. The van der Waals surface area contributed by atoms with E-state index in [0.717, 1.165) is 0 Å². The number of hydrazine groups is 1. The minimum absolute atomic E-state index is 0.0213. The van der Waals surface area contributed by atoms with Crippen molar-refractivity contribution in [1.82, 2.24) is 10.9 Å². The first kappa shape index (κ1) is 14.5. The van der Waals surface area contributed by atoms with Gasteiger partial charge in [0.05, 0.1) is 11.5 Å². The summed E-state index contributed by atoms with van der Waals surface area (Å²) in [6.07, 6.45) is 1.63. The van der Waals surface area contributed by atoms with E-state index in [2.05, 4.69) is 10.9 Å². The van der Waals surface area contributed by atoms with Crippen molar-refractivity contribution in [1.29, 1.82) is 0 Å². The fraction of sp³-hybridized carbons (Fsp3) is 0.250. The normalized spacial score (nSPS) is 10.7. The predicted octanol–water partition coefficient (Wildman–Crippen LogP) is 1.73. The Labute approximate surface area is 110 Å². The number of para-hydroxylation sites is 1. The number of ether oxygens (including phenoxy) is 1. The van der Waals surface area contributed by atoms with Gasteiger partial charge in [-0.25, -0.2) is 0 Å². The maximum Gasteiger partial charge on any atom is 0.282 e. The molecular weight excluding hydrogens is 250 g/mol. The lowest BCUT2D eigenvalue weighted by Crippen LogP contribution is -2.37. The Kier molecular flexibility index (Phi) is 5.34. The molecule has 1 aromatic rings. The van der Waals surface area contributed by atoms with Crippen LogP contribution in [-0.4, -0.2) is 17.4 Å². The Morgan fingerprint density at radius 2 is 2.11 bits per heavy atom. The van der Waals surface area contributed by atoms with E-state index in [4.69, 9.17) is 4.74 Å². The minimum atomic E-state index is -0.605. The first-order valence-corrected chi connectivity index (χ1v) is 5.69. The Morgan fingerprint density at radius 1 is 1.42 bits per heavy atom. The summed E-state index contributed by atoms with van der Waals surface area (Å²) < 4.78 is 5.16. The van der Waals surface area contributed by atoms with E-state index in [9.17, 15) is 14.9 Å². The average molecular weight is 265 g/mol. The SMILES string of the molecule is C/C=C(/NNC(=O)c1ccccc1[N+](=O)[O-])OCC. The maximum absolute atomic E-state index is 11.8. The minimum Gasteiger partial charge on any atom is -0.479 e. The Balaban J connectivity index is 2.76. The van der Waals surface area contributed by atoms with Crippen LogP contribution >= 0.6 is 0 Å². The lowest BCUT2D eigenvalue weighted by atomic mass is 10.2. The standard InChI is InChI=1S/C12H15N3O4/c1-3-11(19-4-2)13-14-12(16)9-7-5-6-8-10(9)15(17)18/h3,5-8,13H,4H2,1-2H3,(H,14,16)/b11-3-. The molecule has 0 aliphatic carbocycles. The molecule has 1 rings (SSSR count). The van der Waals surface area contributed by atoms with Crippen LogP contribution in [0.15, 0.2) is 36.2 Å². The molecule has 0 fully saturated rings. The van der Waals surface area contributed by atoms with E-state index in [1.807, 2.05) is 0 Å². The van der Waals surface area contributed by atoms with Gasteiger partial charge in [0.1, 0.15) is 5.56 Å². The van der Waals surface area contributed by atoms with Gasteiger partial charge in [0.2, 0.25) is 5.88 Å². The lowest BCUT2D eigenvalue weighted by Gasteiger charge is -2.12. The fourth-order valence-electron chi connectivity index (χ4n) is 1.36. The molecule has 1 amide bonds. The number of hydrogen-bond donors (Lipinski definition) is 2. The number of hydrogen-bond acceptors (Lipinski definition) is 5. The third-order valence-corrected chi connectivity index (χ3v) is 2.21. The molecule has 0 aliphatic rings. The van der Waals surface area contributed by atoms with Crippen LogP contribution in [-0.2, 0) is 4.74 Å². The van der Waals surface area contributed by atoms with Crippen LogP contribution in [0.25, 0.3) is 0 Å². The molecule has 0 aromatic heterocycles. The number of amides is 1. The van der Waals surface area contributed by atoms with Gasteiger partial charge in [-0.1, -0.05) is 12.1 Å². The van der Waals surface area contributed by atoms with Crippen molar-refractivity contribution in [2.24, 2.45) is 0 Å². The molecule has 0 radical (unpaired) electrons. The molecule has 0 aliphatic heterocycles. The largest absolute Gasteiger partial charge is 0.479 e. The number of nitro benzene ring substituents is 1. The van der Waals surface area contributed by atoms with Gasteiger partial charge < -0.3 is 4.74 Å². The molecule has 102 valence electrons. The van der Waals surface area contributed by atoms with Crippen molar-refractivity contribution in [3.8, 4) is 0 Å². The molecule has 0 bridgehead atoms. The smallest absolute Gasteiger partial charge is 0.282 e. The molecule has 0 heterocycles. The van der Waals surface area contributed by atoms with Crippen LogP contribution in [0.5, 0.6) is 0 Å². The number of nitrogens with zero attached hydrogens (tertiary/aromatic N) is 1. The van der Waals surface area contributed by atoms with E-state index in [1.165, 1.54) is 18.2 Å². The van der Waals surface area contributed by atoms with Crippen molar-refractivity contribution in [2.45, 2.75) is 13.8 Å². The van der Waals surface area contributed by atoms with Gasteiger partial charge in [-0.15, -0.1) is 0 Å². The molecule has 0 atom stereocenters. The summed E-state index contributed by atoms with van der Waals surface area (Å²) in [5.41, 5.74) is 4.62. The number of allylic oxidation sites excluding steroid dienone is 1. The number of carbonyl (C=O) groups excluding carboxylic acids is 1. The van der Waals surface area contributed by atoms with Crippen molar-refractivity contribution in [2.75, 3.05) is 6.61 Å². The van der Waals surface area contributed by atoms with Crippen LogP contribution in [0.3, 0.4) is 0 Å². The van der Waals surface area contributed by atoms with Crippen molar-refractivity contribution >= 4 is 11.6 Å². The van der Waals surface area contributed by atoms with Gasteiger partial charge in [0.15, 0.2) is 0 Å². The highest BCUT2D eigenvalue weighted by Gasteiger charge is 2.18. The van der Waals surface area contributed by atoms with E-state index < -0.39 is 10.8 Å². The highest BCUT2D eigenvalue weighted by atomic mass is 16.6. The van der Waals surface area contributed by atoms with Crippen LogP contribution in [0, 0.1) is 10.1 Å². The van der Waals surface area contributed by atoms with Gasteiger partial charge in [-0.05, 0) is 26.0 Å². The van der Waals surface area contributed by atoms with Gasteiger partial charge in [-0.2, -0.15) is 0 Å². The average Bonchev–Trinajstić information content (AvgIpc) is 2.43. The second-order valence-electron chi connectivity index (χ2n) is 3.44. The predicted molar refractivity (Wildman–Crippen MR) is 69.1 cm³/mol. The zero-order chi connectivity index (χ0) is 14.3. The zero-order valence-electron chi connectivity index (χ0n) is 10.7. The van der Waals surface area contributed by atoms with E-state index >= 15 is 0 Å². The molecule has 0 saturated heterocycles. The van der Waals surface area contributed by atoms with Crippen LogP contribution in [0.2, 0.25) is 0 Å². The summed E-state index contributed by atoms with van der Waals surface area (Å²) in [5.74, 6) is -0.235. The first-order valence-electron chi connectivity index (χ1n) is 5.69. The number of rotatable bonds is 6. The second-order valence-corrected chi connectivity index (χ2v) is 3.44. The molecule has 7 nitrogen and oxygen atoms in total. The van der Waals surface area contributed by atoms with Gasteiger partial charge in [0, 0.05) is 6.07 Å². The molecule has 0 saturated carbocycles. The Hall–Kier alpha value is -2.57. The van der Waals surface area contributed by atoms with E-state index in [1.54, 1.807) is 26.0 Å². The van der Waals surface area contributed by atoms with Gasteiger partial charge in [-0.3, -0.25) is 25.8 Å². The first-order chi connectivity index (χ1) is 9.10. The van der Waals surface area contributed by atoms with E-state index in [-0.39, 0.29) is 11.3 Å². The Bertz CT molecular complexity index is 500. The summed E-state index contributed by atoms with van der Waals surface area (Å²) in [5, 5.41) is 10.8. The second kappa shape index (κ2) is 7.00. The van der Waals surface area contributed by atoms with Gasteiger partial charge >= 0.3 is 0 Å². The zero-order valence-corrected chi connectivity index (χ0v) is 10.7. The quantitative estimate of drug-likeness (QED) is 0.464. The third kappa shape index (κ3) is 3.98. The highest BCUT2D eigenvalue weighted by Crippen LogP contribution is 2.16. The van der Waals surface area contributed by atoms with Crippen molar-refractivity contribution in [3.63, 3.8) is 0 Å². The molecule has 7 heteroatoms. The van der Waals surface area contributed by atoms with Gasteiger partial charge in [0.25, 0.3) is 11.6 Å². The van der Waals surface area contributed by atoms with E-state index in [0.29, 0.717) is 12.5 Å². The highest BCUT2D eigenvalue weighted by molar-refractivity contribution is 5.97. The Morgan fingerprint density at radius 3 is 2.68 bits per heavy atom. The van der Waals surface area contributed by atoms with Crippen LogP contribution < -0.4 is 10.9 Å². The summed E-state index contributed by atoms with van der Waals surface area (Å²) >= 11 is 0. The monoisotopic (exact) mass is 265 g/mol.